The highest BCUT2D eigenvalue weighted by molar-refractivity contribution is 14.1. The van der Waals surface area contributed by atoms with E-state index in [0.717, 1.165) is 3.83 Å². The summed E-state index contributed by atoms with van der Waals surface area (Å²) >= 11 is 2.17. The third kappa shape index (κ3) is 0.933. The largest absolute Gasteiger partial charge is 0.330 e. The lowest BCUT2D eigenvalue weighted by Gasteiger charge is -1.85. The molecule has 7 heavy (non-hydrogen) atoms. The van der Waals surface area contributed by atoms with Gasteiger partial charge in [0.25, 0.3) is 0 Å². The van der Waals surface area contributed by atoms with Crippen molar-refractivity contribution in [3.05, 3.63) is 16.2 Å². The van der Waals surface area contributed by atoms with Crippen LogP contribution in [-0.4, -0.2) is 9.55 Å². The minimum Gasteiger partial charge on any atom is -0.330 e. The number of hydrogen-bond acceptors (Lipinski definition) is 1. The fourth-order valence-corrected chi connectivity index (χ4v) is 0.669. The van der Waals surface area contributed by atoms with E-state index >= 15 is 0 Å². The Morgan fingerprint density at radius 3 is 2.71 bits per heavy atom. The first kappa shape index (κ1) is 5.08. The number of nitrogens with zero attached hydrogens (tertiary/aromatic N) is 2. The number of rotatable bonds is 0. The highest BCUT2D eigenvalue weighted by atomic mass is 127. The molecule has 1 rings (SSSR count). The Morgan fingerprint density at radius 1 is 1.86 bits per heavy atom. The zero-order valence-corrected chi connectivity index (χ0v) is 6.08. The van der Waals surface area contributed by atoms with Crippen molar-refractivity contribution in [1.29, 1.82) is 0 Å². The average molecular weight is 208 g/mol. The van der Waals surface area contributed by atoms with Gasteiger partial charge in [0, 0.05) is 19.4 Å². The summed E-state index contributed by atoms with van der Waals surface area (Å²) in [7, 11) is 1.97. The molecule has 1 aromatic rings. The van der Waals surface area contributed by atoms with E-state index in [0.29, 0.717) is 0 Å². The molecular weight excluding hydrogens is 203 g/mol. The van der Waals surface area contributed by atoms with Crippen molar-refractivity contribution in [2.75, 3.05) is 0 Å². The summed E-state index contributed by atoms with van der Waals surface area (Å²) in [6.07, 6.45) is 3.70. The molecule has 0 aromatic carbocycles. The monoisotopic (exact) mass is 208 g/mol. The molecule has 3 heteroatoms. The van der Waals surface area contributed by atoms with Gasteiger partial charge in [-0.3, -0.25) is 0 Å². The summed E-state index contributed by atoms with van der Waals surface area (Å²) in [5.41, 5.74) is 0. The van der Waals surface area contributed by atoms with E-state index in [1.165, 1.54) is 0 Å². The van der Waals surface area contributed by atoms with Gasteiger partial charge in [0.15, 0.2) is 3.83 Å². The summed E-state index contributed by atoms with van der Waals surface area (Å²) in [6, 6.07) is 0. The third-order valence-corrected chi connectivity index (χ3v) is 1.80. The van der Waals surface area contributed by atoms with Crippen molar-refractivity contribution >= 4 is 22.6 Å². The zero-order chi connectivity index (χ0) is 5.28. The van der Waals surface area contributed by atoms with Gasteiger partial charge in [0.2, 0.25) is 0 Å². The second kappa shape index (κ2) is 1.81. The molecule has 2 nitrogen and oxygen atoms in total. The smallest absolute Gasteiger partial charge is 0.171 e. The van der Waals surface area contributed by atoms with Gasteiger partial charge in [0.05, 0.1) is 0 Å². The van der Waals surface area contributed by atoms with E-state index < -0.39 is 0 Å². The molecule has 0 atom stereocenters. The fraction of sp³-hybridized carbons (Fsp3) is 0.250. The van der Waals surface area contributed by atoms with Crippen molar-refractivity contribution in [3.8, 4) is 0 Å². The molecule has 0 saturated heterocycles. The molecule has 0 spiro atoms. The lowest BCUT2D eigenvalue weighted by molar-refractivity contribution is 0.877. The van der Waals surface area contributed by atoms with Crippen LogP contribution in [0.5, 0.6) is 0 Å². The topological polar surface area (TPSA) is 17.8 Å². The maximum atomic E-state index is 3.97. The van der Waals surface area contributed by atoms with Gasteiger partial charge >= 0.3 is 0 Å². The zero-order valence-electron chi connectivity index (χ0n) is 3.93. The van der Waals surface area contributed by atoms with Gasteiger partial charge in [-0.1, -0.05) is 0 Å². The molecule has 0 fully saturated rings. The van der Waals surface area contributed by atoms with Crippen molar-refractivity contribution in [2.45, 2.75) is 0 Å². The second-order valence-corrected chi connectivity index (χ2v) is 2.27. The van der Waals surface area contributed by atoms with Gasteiger partial charge in [-0.05, 0) is 22.6 Å². The molecule has 0 unspecified atom stereocenters. The first-order chi connectivity index (χ1) is 3.30. The molecule has 0 N–H and O–H groups in total. The van der Waals surface area contributed by atoms with Crippen LogP contribution in [-0.2, 0) is 7.05 Å². The molecule has 0 aliphatic rings. The fourth-order valence-electron chi connectivity index (χ4n) is 0.347. The van der Waals surface area contributed by atoms with Gasteiger partial charge in [-0.2, -0.15) is 0 Å². The Bertz CT molecular complexity index is 142. The number of halogens is 1. The Hall–Kier alpha value is -0.0600. The Labute approximate surface area is 55.7 Å². The molecule has 38 valence electrons. The van der Waals surface area contributed by atoms with Crippen LogP contribution in [0.1, 0.15) is 0 Å². The van der Waals surface area contributed by atoms with Crippen LogP contribution in [0.25, 0.3) is 0 Å². The van der Waals surface area contributed by atoms with E-state index in [4.69, 9.17) is 0 Å². The third-order valence-electron chi connectivity index (χ3n) is 0.762. The van der Waals surface area contributed by atoms with Crippen molar-refractivity contribution in [2.24, 2.45) is 7.05 Å². The Balaban J connectivity index is 3.12. The lowest BCUT2D eigenvalue weighted by Crippen LogP contribution is -1.86. The highest BCUT2D eigenvalue weighted by Gasteiger charge is 1.86. The van der Waals surface area contributed by atoms with Crippen LogP contribution in [0.2, 0.25) is 0 Å². The number of hydrogen-bond donors (Lipinski definition) is 0. The molecule has 1 aromatic heterocycles. The molecular formula is C4H5IN2. The molecule has 0 aliphatic heterocycles. The van der Waals surface area contributed by atoms with Gasteiger partial charge in [-0.25, -0.2) is 4.98 Å². The summed E-state index contributed by atoms with van der Waals surface area (Å²) in [6.45, 7) is 0. The summed E-state index contributed by atoms with van der Waals surface area (Å²) in [5, 5.41) is 0. The quantitative estimate of drug-likeness (QED) is 0.582. The number of aromatic nitrogens is 2. The van der Waals surface area contributed by atoms with Gasteiger partial charge in [0.1, 0.15) is 0 Å². The molecule has 1 heterocycles. The Morgan fingerprint density at radius 2 is 2.57 bits per heavy atom. The molecule has 0 bridgehead atoms. The summed E-state index contributed by atoms with van der Waals surface area (Å²) in [5.74, 6) is 0. The summed E-state index contributed by atoms with van der Waals surface area (Å²) < 4.78 is 2.98. The predicted octanol–water partition coefficient (Wildman–Crippen LogP) is 1.02. The van der Waals surface area contributed by atoms with Gasteiger partial charge in [-0.15, -0.1) is 0 Å². The van der Waals surface area contributed by atoms with E-state index in [9.17, 15) is 0 Å². The van der Waals surface area contributed by atoms with Crippen molar-refractivity contribution in [1.82, 2.24) is 9.55 Å². The van der Waals surface area contributed by atoms with Crippen LogP contribution < -0.4 is 0 Å². The van der Waals surface area contributed by atoms with Crippen LogP contribution in [0.4, 0.5) is 0 Å². The van der Waals surface area contributed by atoms with Crippen LogP contribution >= 0.6 is 22.6 Å². The normalized spacial score (nSPS) is 9.43. The van der Waals surface area contributed by atoms with Crippen LogP contribution in [0.3, 0.4) is 0 Å². The average Bonchev–Trinajstić information content (AvgIpc) is 1.91. The maximum absolute atomic E-state index is 3.97. The standard InChI is InChI=1S/C4H5IN2/c1-7-3-2-6-4(7)5/h2-3H,1H3. The number of imidazole rings is 1. The first-order valence-electron chi connectivity index (χ1n) is 1.93. The summed E-state index contributed by atoms with van der Waals surface area (Å²) in [4.78, 5) is 3.97. The van der Waals surface area contributed by atoms with Crippen molar-refractivity contribution in [3.63, 3.8) is 0 Å². The predicted molar refractivity (Wildman–Crippen MR) is 35.9 cm³/mol. The molecule has 0 radical (unpaired) electrons. The first-order valence-corrected chi connectivity index (χ1v) is 3.01. The van der Waals surface area contributed by atoms with Crippen LogP contribution in [0, 0.1) is 3.83 Å². The van der Waals surface area contributed by atoms with E-state index in [2.05, 4.69) is 27.6 Å². The van der Waals surface area contributed by atoms with Crippen LogP contribution in [0.15, 0.2) is 12.4 Å². The molecule has 0 saturated carbocycles. The number of aryl methyl sites for hydroxylation is 1. The Kier molecular flexibility index (Phi) is 1.32. The maximum Gasteiger partial charge on any atom is 0.171 e. The molecule has 0 amide bonds. The van der Waals surface area contributed by atoms with E-state index in [1.54, 1.807) is 6.20 Å². The minimum atomic E-state index is 1.03. The second-order valence-electron chi connectivity index (χ2n) is 1.31. The molecule has 0 aliphatic carbocycles. The van der Waals surface area contributed by atoms with Gasteiger partial charge < -0.3 is 4.57 Å². The lowest BCUT2D eigenvalue weighted by atomic mass is 10.9. The van der Waals surface area contributed by atoms with E-state index in [-0.39, 0.29) is 0 Å². The highest BCUT2D eigenvalue weighted by Crippen LogP contribution is 1.95. The SMILES string of the molecule is Cn1ccnc1I. The van der Waals surface area contributed by atoms with Crippen molar-refractivity contribution < 1.29 is 0 Å². The van der Waals surface area contributed by atoms with E-state index in [1.807, 2.05) is 17.8 Å². The minimum absolute atomic E-state index is 1.03.